The van der Waals surface area contributed by atoms with Gasteiger partial charge in [-0.15, -0.1) is 0 Å². The second kappa shape index (κ2) is 8.93. The summed E-state index contributed by atoms with van der Waals surface area (Å²) in [5.41, 5.74) is 1.12. The molecule has 2 heterocycles. The highest BCUT2D eigenvalue weighted by molar-refractivity contribution is 7.89. The highest BCUT2D eigenvalue weighted by atomic mass is 32.2. The van der Waals surface area contributed by atoms with E-state index < -0.39 is 10.0 Å². The summed E-state index contributed by atoms with van der Waals surface area (Å²) in [4.78, 5) is 6.95. The van der Waals surface area contributed by atoms with Crippen LogP contribution in [0.1, 0.15) is 57.8 Å². The number of unbranched alkanes of at least 4 members (excludes halogenated alkanes) is 1. The van der Waals surface area contributed by atoms with Crippen molar-refractivity contribution >= 4 is 10.0 Å². The van der Waals surface area contributed by atoms with Gasteiger partial charge >= 0.3 is 0 Å². The van der Waals surface area contributed by atoms with Crippen molar-refractivity contribution in [2.75, 3.05) is 26.2 Å². The number of hydrogen-bond donors (Lipinski definition) is 0. The molecule has 1 fully saturated rings. The van der Waals surface area contributed by atoms with Gasteiger partial charge in [0.2, 0.25) is 15.9 Å². The van der Waals surface area contributed by atoms with Crippen LogP contribution in [0.5, 0.6) is 0 Å². The number of piperazine rings is 1. The molecule has 0 radical (unpaired) electrons. The zero-order valence-corrected chi connectivity index (χ0v) is 18.7. The lowest BCUT2D eigenvalue weighted by molar-refractivity contribution is 0.163. The maximum atomic E-state index is 13.0. The van der Waals surface area contributed by atoms with Crippen molar-refractivity contribution < 1.29 is 12.9 Å². The Morgan fingerprint density at radius 2 is 1.72 bits per heavy atom. The first-order valence-corrected chi connectivity index (χ1v) is 11.8. The molecule has 29 heavy (non-hydrogen) atoms. The molecule has 2 aromatic rings. The summed E-state index contributed by atoms with van der Waals surface area (Å²) in [5, 5.41) is 4.02. The van der Waals surface area contributed by atoms with E-state index in [9.17, 15) is 8.42 Å². The van der Waals surface area contributed by atoms with Gasteiger partial charge < -0.3 is 4.52 Å². The van der Waals surface area contributed by atoms with E-state index in [0.29, 0.717) is 43.5 Å². The maximum Gasteiger partial charge on any atom is 0.243 e. The van der Waals surface area contributed by atoms with Crippen molar-refractivity contribution in [1.82, 2.24) is 19.3 Å². The van der Waals surface area contributed by atoms with Gasteiger partial charge in [-0.2, -0.15) is 9.29 Å². The van der Waals surface area contributed by atoms with Crippen LogP contribution < -0.4 is 0 Å². The molecule has 8 heteroatoms. The number of hydrogen-bond acceptors (Lipinski definition) is 6. The van der Waals surface area contributed by atoms with Crippen LogP contribution in [0, 0.1) is 0 Å². The molecule has 0 bridgehead atoms. The van der Waals surface area contributed by atoms with Crippen LogP contribution in [0.3, 0.4) is 0 Å². The van der Waals surface area contributed by atoms with Crippen molar-refractivity contribution in [3.63, 3.8) is 0 Å². The van der Waals surface area contributed by atoms with E-state index in [0.717, 1.165) is 30.7 Å². The summed E-state index contributed by atoms with van der Waals surface area (Å²) < 4.78 is 32.9. The molecule has 0 unspecified atom stereocenters. The van der Waals surface area contributed by atoms with Crippen LogP contribution in [0.15, 0.2) is 33.7 Å². The molecule has 1 aromatic carbocycles. The third-order valence-corrected chi connectivity index (χ3v) is 7.23. The monoisotopic (exact) mass is 420 g/mol. The third-order valence-electron chi connectivity index (χ3n) is 5.31. The number of rotatable bonds is 7. The van der Waals surface area contributed by atoms with Crippen LogP contribution in [0.4, 0.5) is 0 Å². The van der Waals surface area contributed by atoms with E-state index in [-0.39, 0.29) is 5.41 Å². The number of nitrogens with zero attached hydrogens (tertiary/aromatic N) is 4. The van der Waals surface area contributed by atoms with E-state index in [1.165, 1.54) is 0 Å². The first kappa shape index (κ1) is 21.9. The lowest BCUT2D eigenvalue weighted by Gasteiger charge is -2.33. The highest BCUT2D eigenvalue weighted by Gasteiger charge is 2.29. The maximum absolute atomic E-state index is 13.0. The molecule has 0 atom stereocenters. The molecule has 0 aliphatic carbocycles. The standard InChI is InChI=1S/C21H32N4O3S/c1-5-6-7-19-22-20(28-23-19)16-24-12-14-25(15-13-24)29(26,27)18-10-8-17(9-11-18)21(2,3)4/h8-11H,5-7,12-16H2,1-4H3. The van der Waals surface area contributed by atoms with E-state index in [2.05, 4.69) is 42.7 Å². The topological polar surface area (TPSA) is 79.5 Å². The minimum absolute atomic E-state index is 0.000926. The molecule has 0 saturated carbocycles. The minimum Gasteiger partial charge on any atom is -0.338 e. The molecular weight excluding hydrogens is 388 g/mol. The van der Waals surface area contributed by atoms with Crippen molar-refractivity contribution in [1.29, 1.82) is 0 Å². The molecule has 1 aromatic heterocycles. The fourth-order valence-corrected chi connectivity index (χ4v) is 4.81. The van der Waals surface area contributed by atoms with E-state index in [4.69, 9.17) is 4.52 Å². The fraction of sp³-hybridized carbons (Fsp3) is 0.619. The van der Waals surface area contributed by atoms with E-state index in [1.54, 1.807) is 16.4 Å². The molecule has 1 saturated heterocycles. The van der Waals surface area contributed by atoms with E-state index in [1.807, 2.05) is 12.1 Å². The Morgan fingerprint density at radius 1 is 1.07 bits per heavy atom. The predicted molar refractivity (Wildman–Crippen MR) is 112 cm³/mol. The first-order chi connectivity index (χ1) is 13.7. The Balaban J connectivity index is 1.57. The Bertz CT molecular complexity index is 893. The van der Waals surface area contributed by atoms with Gasteiger partial charge in [-0.05, 0) is 29.5 Å². The lowest BCUT2D eigenvalue weighted by Crippen LogP contribution is -2.48. The van der Waals surface area contributed by atoms with Crippen molar-refractivity contribution in [2.24, 2.45) is 0 Å². The first-order valence-electron chi connectivity index (χ1n) is 10.3. The fourth-order valence-electron chi connectivity index (χ4n) is 3.39. The van der Waals surface area contributed by atoms with Gasteiger partial charge in [-0.1, -0.05) is 51.4 Å². The van der Waals surface area contributed by atoms with Crippen molar-refractivity contribution in [2.45, 2.75) is 63.8 Å². The van der Waals surface area contributed by atoms with Crippen molar-refractivity contribution in [3.8, 4) is 0 Å². The van der Waals surface area contributed by atoms with Crippen LogP contribution in [0.2, 0.25) is 0 Å². The number of sulfonamides is 1. The second-order valence-corrected chi connectivity index (χ2v) is 10.6. The molecule has 0 N–H and O–H groups in total. The summed E-state index contributed by atoms with van der Waals surface area (Å²) in [6, 6.07) is 7.26. The van der Waals surface area contributed by atoms with Crippen LogP contribution in [0.25, 0.3) is 0 Å². The Labute approximate surface area is 174 Å². The SMILES string of the molecule is CCCCc1noc(CN2CCN(S(=O)(=O)c3ccc(C(C)(C)C)cc3)CC2)n1. The van der Waals surface area contributed by atoms with Gasteiger partial charge in [0.15, 0.2) is 5.82 Å². The van der Waals surface area contributed by atoms with Gasteiger partial charge in [0.05, 0.1) is 11.4 Å². The molecule has 160 valence electrons. The average molecular weight is 421 g/mol. The van der Waals surface area contributed by atoms with Gasteiger partial charge in [0.1, 0.15) is 0 Å². The Hall–Kier alpha value is -1.77. The van der Waals surface area contributed by atoms with Gasteiger partial charge in [-0.25, -0.2) is 8.42 Å². The summed E-state index contributed by atoms with van der Waals surface area (Å²) in [5.74, 6) is 1.35. The average Bonchev–Trinajstić information content (AvgIpc) is 3.13. The molecule has 3 rings (SSSR count). The predicted octanol–water partition coefficient (Wildman–Crippen LogP) is 3.22. The summed E-state index contributed by atoms with van der Waals surface area (Å²) >= 11 is 0. The quantitative estimate of drug-likeness (QED) is 0.684. The molecule has 1 aliphatic heterocycles. The van der Waals surface area contributed by atoms with Crippen molar-refractivity contribution in [3.05, 3.63) is 41.5 Å². The molecule has 1 aliphatic rings. The minimum atomic E-state index is -3.47. The summed E-state index contributed by atoms with van der Waals surface area (Å²) in [6.45, 7) is 11.3. The third kappa shape index (κ3) is 5.43. The molecular formula is C21H32N4O3S. The van der Waals surface area contributed by atoms with Gasteiger partial charge in [0.25, 0.3) is 0 Å². The number of aryl methyl sites for hydroxylation is 1. The largest absolute Gasteiger partial charge is 0.338 e. The van der Waals surface area contributed by atoms with Crippen LogP contribution in [-0.4, -0.2) is 53.9 Å². The molecule has 7 nitrogen and oxygen atoms in total. The summed E-state index contributed by atoms with van der Waals surface area (Å²) in [7, 11) is -3.47. The Kier molecular flexibility index (Phi) is 6.76. The zero-order chi connectivity index (χ0) is 21.1. The lowest BCUT2D eigenvalue weighted by atomic mass is 9.87. The van der Waals surface area contributed by atoms with Gasteiger partial charge in [-0.3, -0.25) is 4.90 Å². The van der Waals surface area contributed by atoms with Gasteiger partial charge in [0, 0.05) is 32.6 Å². The number of aromatic nitrogens is 2. The van der Waals surface area contributed by atoms with E-state index >= 15 is 0 Å². The molecule has 0 amide bonds. The summed E-state index contributed by atoms with van der Waals surface area (Å²) in [6.07, 6.45) is 2.98. The Morgan fingerprint density at radius 3 is 2.31 bits per heavy atom. The number of benzene rings is 1. The van der Waals surface area contributed by atoms with Crippen LogP contribution >= 0.6 is 0 Å². The molecule has 0 spiro atoms. The normalized spacial score (nSPS) is 17.0. The smallest absolute Gasteiger partial charge is 0.243 e. The van der Waals surface area contributed by atoms with Crippen LogP contribution in [-0.2, 0) is 28.4 Å². The zero-order valence-electron chi connectivity index (χ0n) is 17.9. The highest BCUT2D eigenvalue weighted by Crippen LogP contribution is 2.25. The second-order valence-electron chi connectivity index (χ2n) is 8.66.